The fourth-order valence-electron chi connectivity index (χ4n) is 3.67. The van der Waals surface area contributed by atoms with Gasteiger partial charge in [-0.05, 0) is 59.4 Å². The second kappa shape index (κ2) is 7.20. The Morgan fingerprint density at radius 2 is 1.75 bits per heavy atom. The number of carbonyl (C=O) groups is 3. The van der Waals surface area contributed by atoms with Crippen molar-refractivity contribution in [2.24, 2.45) is 0 Å². The highest BCUT2D eigenvalue weighted by Crippen LogP contribution is 2.23. The number of nitrogens with one attached hydrogen (secondary N) is 1. The number of rotatable bonds is 4. The van der Waals surface area contributed by atoms with Crippen molar-refractivity contribution in [3.05, 3.63) is 22.5 Å². The topological polar surface area (TPSA) is 79.5 Å². The molecule has 6 heteroatoms. The predicted molar refractivity (Wildman–Crippen MR) is 90.2 cm³/mol. The van der Waals surface area contributed by atoms with E-state index in [1.807, 2.05) is 18.7 Å². The third-order valence-electron chi connectivity index (χ3n) is 4.80. The van der Waals surface area contributed by atoms with Gasteiger partial charge >= 0.3 is 5.97 Å². The Morgan fingerprint density at radius 3 is 2.25 bits per heavy atom. The number of H-pyrrole nitrogens is 1. The SMILES string of the molecule is CC(=O)c1c(C)[nH]c(C(=O)OCC(=O)N2[C@H](C)CCC[C@@H]2C)c1C. The zero-order valence-electron chi connectivity index (χ0n) is 15.1. The van der Waals surface area contributed by atoms with E-state index in [0.717, 1.165) is 19.3 Å². The molecule has 0 aromatic carbocycles. The summed E-state index contributed by atoms with van der Waals surface area (Å²) >= 11 is 0. The van der Waals surface area contributed by atoms with Crippen molar-refractivity contribution in [1.82, 2.24) is 9.88 Å². The molecule has 24 heavy (non-hydrogen) atoms. The van der Waals surface area contributed by atoms with E-state index in [4.69, 9.17) is 4.74 Å². The van der Waals surface area contributed by atoms with Gasteiger partial charge in [0.1, 0.15) is 5.69 Å². The van der Waals surface area contributed by atoms with Crippen LogP contribution >= 0.6 is 0 Å². The maximum Gasteiger partial charge on any atom is 0.355 e. The van der Waals surface area contributed by atoms with E-state index in [9.17, 15) is 14.4 Å². The van der Waals surface area contributed by atoms with E-state index >= 15 is 0 Å². The third kappa shape index (κ3) is 3.52. The lowest BCUT2D eigenvalue weighted by Gasteiger charge is -2.38. The molecular weight excluding hydrogens is 308 g/mol. The molecule has 1 aliphatic rings. The molecule has 0 saturated carbocycles. The normalized spacial score (nSPS) is 20.8. The van der Waals surface area contributed by atoms with Crippen LogP contribution in [0.2, 0.25) is 0 Å². The second-order valence-corrected chi connectivity index (χ2v) is 6.69. The molecule has 1 aliphatic heterocycles. The Hall–Kier alpha value is -2.11. The van der Waals surface area contributed by atoms with Gasteiger partial charge in [-0.1, -0.05) is 0 Å². The van der Waals surface area contributed by atoms with Gasteiger partial charge in [0.15, 0.2) is 12.4 Å². The van der Waals surface area contributed by atoms with Crippen LogP contribution in [0.25, 0.3) is 0 Å². The van der Waals surface area contributed by atoms with Crippen LogP contribution in [0.5, 0.6) is 0 Å². The Morgan fingerprint density at radius 1 is 1.17 bits per heavy atom. The third-order valence-corrected chi connectivity index (χ3v) is 4.80. The van der Waals surface area contributed by atoms with Crippen molar-refractivity contribution in [2.45, 2.75) is 66.0 Å². The molecule has 1 saturated heterocycles. The van der Waals surface area contributed by atoms with E-state index in [2.05, 4.69) is 4.98 Å². The van der Waals surface area contributed by atoms with Crippen LogP contribution in [0, 0.1) is 13.8 Å². The first kappa shape index (κ1) is 18.2. The van der Waals surface area contributed by atoms with E-state index in [1.165, 1.54) is 6.92 Å². The molecule has 1 aromatic rings. The molecule has 2 rings (SSSR count). The number of aryl methyl sites for hydroxylation is 1. The maximum atomic E-state index is 12.4. The summed E-state index contributed by atoms with van der Waals surface area (Å²) in [4.78, 5) is 41.0. The number of aromatic nitrogens is 1. The first-order valence-electron chi connectivity index (χ1n) is 8.42. The van der Waals surface area contributed by atoms with Crippen LogP contribution in [0.15, 0.2) is 0 Å². The van der Waals surface area contributed by atoms with Crippen molar-refractivity contribution in [1.29, 1.82) is 0 Å². The van der Waals surface area contributed by atoms with Crippen LogP contribution < -0.4 is 0 Å². The van der Waals surface area contributed by atoms with Crippen molar-refractivity contribution in [2.75, 3.05) is 6.61 Å². The number of esters is 1. The van der Waals surface area contributed by atoms with Gasteiger partial charge in [-0.15, -0.1) is 0 Å². The van der Waals surface area contributed by atoms with Crippen LogP contribution in [0.4, 0.5) is 0 Å². The molecule has 2 heterocycles. The molecule has 1 fully saturated rings. The van der Waals surface area contributed by atoms with E-state index in [-0.39, 0.29) is 36.1 Å². The summed E-state index contributed by atoms with van der Waals surface area (Å²) < 4.78 is 5.20. The second-order valence-electron chi connectivity index (χ2n) is 6.69. The molecule has 0 spiro atoms. The highest BCUT2D eigenvalue weighted by molar-refractivity contribution is 6.01. The number of nitrogens with zero attached hydrogens (tertiary/aromatic N) is 1. The summed E-state index contributed by atoms with van der Waals surface area (Å²) in [6, 6.07) is 0.331. The summed E-state index contributed by atoms with van der Waals surface area (Å²) in [6.07, 6.45) is 3.06. The van der Waals surface area contributed by atoms with Crippen LogP contribution in [0.1, 0.15) is 72.1 Å². The number of carbonyl (C=O) groups excluding carboxylic acids is 3. The maximum absolute atomic E-state index is 12.4. The Balaban J connectivity index is 2.04. The molecule has 1 amide bonds. The predicted octanol–water partition coefficient (Wildman–Crippen LogP) is 2.78. The lowest BCUT2D eigenvalue weighted by atomic mass is 9.97. The van der Waals surface area contributed by atoms with Gasteiger partial charge in [-0.2, -0.15) is 0 Å². The first-order valence-corrected chi connectivity index (χ1v) is 8.42. The molecule has 0 radical (unpaired) electrons. The van der Waals surface area contributed by atoms with Gasteiger partial charge in [0, 0.05) is 23.3 Å². The quantitative estimate of drug-likeness (QED) is 0.678. The number of ether oxygens (including phenoxy) is 1. The van der Waals surface area contributed by atoms with Gasteiger partial charge in [-0.25, -0.2) is 4.79 Å². The first-order chi connectivity index (χ1) is 11.2. The van der Waals surface area contributed by atoms with E-state index < -0.39 is 5.97 Å². The Labute approximate surface area is 142 Å². The summed E-state index contributed by atoms with van der Waals surface area (Å²) in [5.41, 5.74) is 1.95. The number of hydrogen-bond donors (Lipinski definition) is 1. The highest BCUT2D eigenvalue weighted by Gasteiger charge is 2.30. The molecule has 0 unspecified atom stereocenters. The van der Waals surface area contributed by atoms with Crippen molar-refractivity contribution >= 4 is 17.7 Å². The molecule has 1 aromatic heterocycles. The average molecular weight is 334 g/mol. The van der Waals surface area contributed by atoms with Crippen LogP contribution in [0.3, 0.4) is 0 Å². The minimum Gasteiger partial charge on any atom is -0.451 e. The summed E-state index contributed by atoms with van der Waals surface area (Å²) in [5.74, 6) is -0.878. The number of Topliss-reactive ketones (excluding diaryl/α,β-unsaturated/α-hetero) is 1. The number of hydrogen-bond acceptors (Lipinski definition) is 4. The van der Waals surface area contributed by atoms with E-state index in [0.29, 0.717) is 16.8 Å². The molecule has 1 N–H and O–H groups in total. The number of piperidine rings is 1. The zero-order chi connectivity index (χ0) is 18.0. The van der Waals surface area contributed by atoms with Gasteiger partial charge in [-0.3, -0.25) is 9.59 Å². The minimum atomic E-state index is -0.603. The standard InChI is InChI=1S/C18H26N2O4/c1-10-7-6-8-11(2)20(10)15(22)9-24-18(23)17-12(3)16(14(5)21)13(4)19-17/h10-11,19H,6-9H2,1-5H3/t10-,11+. The van der Waals surface area contributed by atoms with Gasteiger partial charge < -0.3 is 14.6 Å². The van der Waals surface area contributed by atoms with Gasteiger partial charge in [0.25, 0.3) is 5.91 Å². The fourth-order valence-corrected chi connectivity index (χ4v) is 3.67. The Kier molecular flexibility index (Phi) is 5.47. The number of aromatic amines is 1. The van der Waals surface area contributed by atoms with E-state index in [1.54, 1.807) is 13.8 Å². The minimum absolute atomic E-state index is 0.104. The summed E-state index contributed by atoms with van der Waals surface area (Å²) in [7, 11) is 0. The lowest BCUT2D eigenvalue weighted by Crippen LogP contribution is -2.49. The monoisotopic (exact) mass is 334 g/mol. The average Bonchev–Trinajstić information content (AvgIpc) is 2.79. The van der Waals surface area contributed by atoms with Crippen molar-refractivity contribution in [3.63, 3.8) is 0 Å². The zero-order valence-corrected chi connectivity index (χ0v) is 15.1. The lowest BCUT2D eigenvalue weighted by molar-refractivity contribution is -0.140. The number of amides is 1. The Bertz CT molecular complexity index is 652. The molecule has 132 valence electrons. The summed E-state index contributed by atoms with van der Waals surface area (Å²) in [6.45, 7) is 8.66. The number of likely N-dealkylation sites (tertiary alicyclic amines) is 1. The highest BCUT2D eigenvalue weighted by atomic mass is 16.5. The van der Waals surface area contributed by atoms with Crippen LogP contribution in [-0.4, -0.2) is 46.2 Å². The molecule has 0 aliphatic carbocycles. The molecule has 6 nitrogen and oxygen atoms in total. The van der Waals surface area contributed by atoms with Crippen LogP contribution in [-0.2, 0) is 9.53 Å². The molecule has 2 atom stereocenters. The molecular formula is C18H26N2O4. The van der Waals surface area contributed by atoms with Crippen molar-refractivity contribution in [3.8, 4) is 0 Å². The molecule has 0 bridgehead atoms. The van der Waals surface area contributed by atoms with Gasteiger partial charge in [0.2, 0.25) is 0 Å². The number of ketones is 1. The van der Waals surface area contributed by atoms with Gasteiger partial charge in [0.05, 0.1) is 0 Å². The summed E-state index contributed by atoms with van der Waals surface area (Å²) in [5, 5.41) is 0. The smallest absolute Gasteiger partial charge is 0.355 e. The largest absolute Gasteiger partial charge is 0.451 e. The van der Waals surface area contributed by atoms with Crippen molar-refractivity contribution < 1.29 is 19.1 Å². The fraction of sp³-hybridized carbons (Fsp3) is 0.611.